The summed E-state index contributed by atoms with van der Waals surface area (Å²) in [6, 6.07) is 4.66. The van der Waals surface area contributed by atoms with Crippen molar-refractivity contribution in [2.75, 3.05) is 20.2 Å². The molecule has 2 N–H and O–H groups in total. The molecule has 104 valence electrons. The van der Waals surface area contributed by atoms with Gasteiger partial charge in [-0.2, -0.15) is 0 Å². The summed E-state index contributed by atoms with van der Waals surface area (Å²) in [5.74, 6) is -0.251. The van der Waals surface area contributed by atoms with Gasteiger partial charge < -0.3 is 15.4 Å². The zero-order chi connectivity index (χ0) is 13.8. The molecule has 1 heterocycles. The smallest absolute Gasteiger partial charge is 0.227 e. The number of rotatable bonds is 3. The molecule has 2 rings (SSSR count). The molecule has 1 aliphatic rings. The predicted molar refractivity (Wildman–Crippen MR) is 70.4 cm³/mol. The molecule has 1 aliphatic heterocycles. The molecule has 0 bridgehead atoms. The molecule has 0 spiro atoms. The van der Waals surface area contributed by atoms with Crippen molar-refractivity contribution in [1.82, 2.24) is 4.90 Å². The van der Waals surface area contributed by atoms with Gasteiger partial charge in [0.25, 0.3) is 0 Å². The van der Waals surface area contributed by atoms with Gasteiger partial charge in [0, 0.05) is 19.1 Å². The summed E-state index contributed by atoms with van der Waals surface area (Å²) in [6.45, 7) is 1.34. The molecule has 0 saturated carbocycles. The molecule has 0 aromatic heterocycles. The van der Waals surface area contributed by atoms with Crippen molar-refractivity contribution in [2.45, 2.75) is 25.3 Å². The maximum atomic E-state index is 13.5. The number of carbonyl (C=O) groups excluding carboxylic acids is 1. The zero-order valence-corrected chi connectivity index (χ0v) is 11.1. The van der Waals surface area contributed by atoms with Crippen LogP contribution < -0.4 is 10.5 Å². The van der Waals surface area contributed by atoms with E-state index in [1.807, 2.05) is 0 Å². The van der Waals surface area contributed by atoms with E-state index in [2.05, 4.69) is 0 Å². The van der Waals surface area contributed by atoms with Crippen LogP contribution in [0.1, 0.15) is 18.4 Å². The normalized spacial score (nSPS) is 19.3. The standard InChI is InChI=1S/C14H19FN2O2/c1-19-13-5-4-10(7-12(13)15)8-14(18)17-6-2-3-11(16)9-17/h4-5,7,11H,2-3,6,8-9,16H2,1H3. The minimum atomic E-state index is -0.442. The largest absolute Gasteiger partial charge is 0.494 e. The van der Waals surface area contributed by atoms with Crippen LogP contribution in [0.4, 0.5) is 4.39 Å². The lowest BCUT2D eigenvalue weighted by molar-refractivity contribution is -0.131. The maximum absolute atomic E-state index is 13.5. The number of hydrogen-bond donors (Lipinski definition) is 1. The Hall–Kier alpha value is -1.62. The van der Waals surface area contributed by atoms with Crippen molar-refractivity contribution < 1.29 is 13.9 Å². The van der Waals surface area contributed by atoms with Gasteiger partial charge in [-0.05, 0) is 30.5 Å². The Morgan fingerprint density at radius 1 is 1.58 bits per heavy atom. The number of likely N-dealkylation sites (tertiary alicyclic amines) is 1. The number of methoxy groups -OCH3 is 1. The average Bonchev–Trinajstić information content (AvgIpc) is 2.39. The highest BCUT2D eigenvalue weighted by atomic mass is 19.1. The number of amides is 1. The van der Waals surface area contributed by atoms with E-state index in [1.54, 1.807) is 17.0 Å². The summed E-state index contributed by atoms with van der Waals surface area (Å²) in [7, 11) is 1.42. The van der Waals surface area contributed by atoms with Crippen LogP contribution in [-0.2, 0) is 11.2 Å². The van der Waals surface area contributed by atoms with Crippen LogP contribution >= 0.6 is 0 Å². The van der Waals surface area contributed by atoms with Gasteiger partial charge in [-0.3, -0.25) is 4.79 Å². The SMILES string of the molecule is COc1ccc(CC(=O)N2CCCC(N)C2)cc1F. The van der Waals surface area contributed by atoms with E-state index in [-0.39, 0.29) is 24.1 Å². The summed E-state index contributed by atoms with van der Waals surface area (Å²) in [4.78, 5) is 13.9. The van der Waals surface area contributed by atoms with Crippen molar-refractivity contribution in [3.05, 3.63) is 29.6 Å². The summed E-state index contributed by atoms with van der Waals surface area (Å²) in [5.41, 5.74) is 6.50. The highest BCUT2D eigenvalue weighted by Gasteiger charge is 2.21. The molecule has 19 heavy (non-hydrogen) atoms. The second kappa shape index (κ2) is 6.02. The van der Waals surface area contributed by atoms with Gasteiger partial charge in [0.1, 0.15) is 0 Å². The number of ether oxygens (including phenoxy) is 1. The number of nitrogens with zero attached hydrogens (tertiary/aromatic N) is 1. The highest BCUT2D eigenvalue weighted by molar-refractivity contribution is 5.79. The Labute approximate surface area is 112 Å². The molecular weight excluding hydrogens is 247 g/mol. The molecule has 1 fully saturated rings. The fourth-order valence-electron chi connectivity index (χ4n) is 2.34. The molecule has 4 nitrogen and oxygen atoms in total. The van der Waals surface area contributed by atoms with E-state index < -0.39 is 5.82 Å². The van der Waals surface area contributed by atoms with Crippen molar-refractivity contribution in [3.63, 3.8) is 0 Å². The number of halogens is 1. The quantitative estimate of drug-likeness (QED) is 0.898. The third kappa shape index (κ3) is 3.44. The number of nitrogens with two attached hydrogens (primary N) is 1. The average molecular weight is 266 g/mol. The predicted octanol–water partition coefficient (Wildman–Crippen LogP) is 1.33. The second-order valence-electron chi connectivity index (χ2n) is 4.89. The van der Waals surface area contributed by atoms with Crippen LogP contribution in [-0.4, -0.2) is 37.0 Å². The Bertz CT molecular complexity index is 465. The summed E-state index contributed by atoms with van der Waals surface area (Å²) < 4.78 is 18.4. The first kappa shape index (κ1) is 13.8. The van der Waals surface area contributed by atoms with E-state index in [9.17, 15) is 9.18 Å². The lowest BCUT2D eigenvalue weighted by Crippen LogP contribution is -2.46. The summed E-state index contributed by atoms with van der Waals surface area (Å²) in [6.07, 6.45) is 2.10. The number of carbonyl (C=O) groups is 1. The molecule has 1 unspecified atom stereocenters. The zero-order valence-electron chi connectivity index (χ0n) is 11.1. The van der Waals surface area contributed by atoms with E-state index in [0.717, 1.165) is 19.4 Å². The van der Waals surface area contributed by atoms with Crippen molar-refractivity contribution in [3.8, 4) is 5.75 Å². The first-order valence-corrected chi connectivity index (χ1v) is 6.46. The second-order valence-corrected chi connectivity index (χ2v) is 4.89. The lowest BCUT2D eigenvalue weighted by Gasteiger charge is -2.30. The van der Waals surface area contributed by atoms with Gasteiger partial charge in [-0.15, -0.1) is 0 Å². The van der Waals surface area contributed by atoms with Crippen LogP contribution in [0.3, 0.4) is 0 Å². The van der Waals surface area contributed by atoms with Crippen molar-refractivity contribution in [2.24, 2.45) is 5.73 Å². The van der Waals surface area contributed by atoms with Crippen LogP contribution in [0, 0.1) is 5.82 Å². The van der Waals surface area contributed by atoms with Crippen LogP contribution in [0.5, 0.6) is 5.75 Å². The number of piperidine rings is 1. The first-order valence-electron chi connectivity index (χ1n) is 6.46. The highest BCUT2D eigenvalue weighted by Crippen LogP contribution is 2.19. The van der Waals surface area contributed by atoms with Gasteiger partial charge >= 0.3 is 0 Å². The molecule has 1 aromatic carbocycles. The first-order chi connectivity index (χ1) is 9.10. The third-order valence-corrected chi connectivity index (χ3v) is 3.38. The molecular formula is C14H19FN2O2. The Balaban J connectivity index is 2.00. The molecule has 5 heteroatoms. The molecule has 1 amide bonds. The summed E-state index contributed by atoms with van der Waals surface area (Å²) in [5, 5.41) is 0. The van der Waals surface area contributed by atoms with Crippen LogP contribution in [0.15, 0.2) is 18.2 Å². The molecule has 0 aliphatic carbocycles. The van der Waals surface area contributed by atoms with Gasteiger partial charge in [0.05, 0.1) is 13.5 Å². The molecule has 1 aromatic rings. The Morgan fingerprint density at radius 2 is 2.37 bits per heavy atom. The number of benzene rings is 1. The van der Waals surface area contributed by atoms with E-state index in [0.29, 0.717) is 12.1 Å². The molecule has 1 saturated heterocycles. The lowest BCUT2D eigenvalue weighted by atomic mass is 10.0. The molecule has 0 radical (unpaired) electrons. The minimum absolute atomic E-state index is 0.000262. The van der Waals surface area contributed by atoms with Crippen molar-refractivity contribution >= 4 is 5.91 Å². The van der Waals surface area contributed by atoms with Gasteiger partial charge in [-0.25, -0.2) is 4.39 Å². The van der Waals surface area contributed by atoms with Crippen LogP contribution in [0.2, 0.25) is 0 Å². The maximum Gasteiger partial charge on any atom is 0.227 e. The van der Waals surface area contributed by atoms with Crippen LogP contribution in [0.25, 0.3) is 0 Å². The van der Waals surface area contributed by atoms with E-state index >= 15 is 0 Å². The number of hydrogen-bond acceptors (Lipinski definition) is 3. The van der Waals surface area contributed by atoms with Crippen molar-refractivity contribution in [1.29, 1.82) is 0 Å². The minimum Gasteiger partial charge on any atom is -0.494 e. The topological polar surface area (TPSA) is 55.6 Å². The summed E-state index contributed by atoms with van der Waals surface area (Å²) >= 11 is 0. The molecule has 1 atom stereocenters. The van der Waals surface area contributed by atoms with E-state index in [1.165, 1.54) is 13.2 Å². The third-order valence-electron chi connectivity index (χ3n) is 3.38. The van der Waals surface area contributed by atoms with Gasteiger partial charge in [-0.1, -0.05) is 6.07 Å². The Morgan fingerprint density at radius 3 is 3.00 bits per heavy atom. The monoisotopic (exact) mass is 266 g/mol. The fourth-order valence-corrected chi connectivity index (χ4v) is 2.34. The van der Waals surface area contributed by atoms with Gasteiger partial charge in [0.15, 0.2) is 11.6 Å². The Kier molecular flexibility index (Phi) is 4.37. The fraction of sp³-hybridized carbons (Fsp3) is 0.500. The van der Waals surface area contributed by atoms with E-state index in [4.69, 9.17) is 10.5 Å². The van der Waals surface area contributed by atoms with Gasteiger partial charge in [0.2, 0.25) is 5.91 Å².